The number of nitrogens with zero attached hydrogens (tertiary/aromatic N) is 5. The van der Waals surface area contributed by atoms with E-state index in [1.165, 1.54) is 0 Å². The molecule has 0 aliphatic rings. The average Bonchev–Trinajstić information content (AvgIpc) is 3.36. The van der Waals surface area contributed by atoms with Gasteiger partial charge in [0.1, 0.15) is 22.5 Å². The van der Waals surface area contributed by atoms with Gasteiger partial charge in [-0.15, -0.1) is 15.0 Å². The zero-order valence-corrected chi connectivity index (χ0v) is 26.6. The number of aromatic hydroxyl groups is 1. The molecule has 1 heterocycles. The number of hydrogen-bond acceptors (Lipinski definition) is 5. The summed E-state index contributed by atoms with van der Waals surface area (Å²) in [5, 5.41) is 21.8. The SMILES string of the molecule is CN(C)c1ccc(-c2ccc(-c3ccc(N(C)C)cc3)c3nn(-c4cc(C(C)(C)C)cc(C(C)(C)C)c4O)nc23)cc1. The molecule has 0 amide bonds. The van der Waals surface area contributed by atoms with Crippen molar-refractivity contribution in [2.75, 3.05) is 38.0 Å². The molecule has 0 saturated carbocycles. The summed E-state index contributed by atoms with van der Waals surface area (Å²) in [4.78, 5) is 5.81. The number of fused-ring (bicyclic) bond motifs is 1. The number of benzene rings is 4. The average molecular weight is 562 g/mol. The molecule has 5 rings (SSSR count). The minimum Gasteiger partial charge on any atom is -0.505 e. The molecule has 42 heavy (non-hydrogen) atoms. The van der Waals surface area contributed by atoms with Gasteiger partial charge in [0, 0.05) is 56.3 Å². The van der Waals surface area contributed by atoms with Crippen LogP contribution in [0.2, 0.25) is 0 Å². The van der Waals surface area contributed by atoms with Gasteiger partial charge >= 0.3 is 0 Å². The van der Waals surface area contributed by atoms with Crippen molar-refractivity contribution in [1.29, 1.82) is 0 Å². The molecule has 1 aromatic heterocycles. The molecule has 0 spiro atoms. The van der Waals surface area contributed by atoms with Gasteiger partial charge in [0.05, 0.1) is 0 Å². The summed E-state index contributed by atoms with van der Waals surface area (Å²) in [7, 11) is 8.16. The van der Waals surface area contributed by atoms with Gasteiger partial charge in [-0.05, 0) is 57.9 Å². The van der Waals surface area contributed by atoms with Crippen LogP contribution in [0.3, 0.4) is 0 Å². The highest BCUT2D eigenvalue weighted by Gasteiger charge is 2.27. The minimum atomic E-state index is -0.259. The lowest BCUT2D eigenvalue weighted by atomic mass is 9.80. The van der Waals surface area contributed by atoms with Gasteiger partial charge in [0.25, 0.3) is 0 Å². The molecular weight excluding hydrogens is 518 g/mol. The Bertz CT molecular complexity index is 1640. The van der Waals surface area contributed by atoms with Crippen molar-refractivity contribution < 1.29 is 5.11 Å². The van der Waals surface area contributed by atoms with E-state index in [1.54, 1.807) is 4.80 Å². The number of anilines is 2. The summed E-state index contributed by atoms with van der Waals surface area (Å²) >= 11 is 0. The quantitative estimate of drug-likeness (QED) is 0.234. The van der Waals surface area contributed by atoms with E-state index < -0.39 is 0 Å². The molecule has 218 valence electrons. The smallest absolute Gasteiger partial charge is 0.146 e. The molecule has 0 fully saturated rings. The fourth-order valence-electron chi connectivity index (χ4n) is 5.22. The van der Waals surface area contributed by atoms with E-state index in [9.17, 15) is 5.11 Å². The Morgan fingerprint density at radius 1 is 0.595 bits per heavy atom. The third kappa shape index (κ3) is 5.46. The predicted octanol–water partition coefficient (Wildman–Crippen LogP) is 8.19. The number of phenolic OH excluding ortho intramolecular Hbond substituents is 1. The van der Waals surface area contributed by atoms with E-state index in [4.69, 9.17) is 10.2 Å². The van der Waals surface area contributed by atoms with Gasteiger partial charge in [-0.25, -0.2) is 0 Å². The third-order valence-electron chi connectivity index (χ3n) is 7.91. The zero-order valence-electron chi connectivity index (χ0n) is 26.6. The normalized spacial score (nSPS) is 12.1. The Morgan fingerprint density at radius 2 is 1.02 bits per heavy atom. The number of phenols is 1. The van der Waals surface area contributed by atoms with Gasteiger partial charge < -0.3 is 14.9 Å². The maximum Gasteiger partial charge on any atom is 0.146 e. The third-order valence-corrected chi connectivity index (χ3v) is 7.91. The molecular formula is C36H43N5O. The highest BCUT2D eigenvalue weighted by Crippen LogP contribution is 2.41. The van der Waals surface area contributed by atoms with Crippen molar-refractivity contribution in [3.63, 3.8) is 0 Å². The summed E-state index contributed by atoms with van der Waals surface area (Å²) in [6.45, 7) is 12.9. The van der Waals surface area contributed by atoms with Crippen molar-refractivity contribution in [3.8, 4) is 33.7 Å². The van der Waals surface area contributed by atoms with Gasteiger partial charge in [0.15, 0.2) is 0 Å². The molecule has 0 unspecified atom stereocenters. The van der Waals surface area contributed by atoms with Gasteiger partial charge in [-0.2, -0.15) is 0 Å². The molecule has 0 saturated heterocycles. The molecule has 0 atom stereocenters. The molecule has 0 aliphatic heterocycles. The molecule has 5 aromatic rings. The van der Waals surface area contributed by atoms with Gasteiger partial charge in [0.2, 0.25) is 0 Å². The molecule has 6 nitrogen and oxygen atoms in total. The topological polar surface area (TPSA) is 57.4 Å². The number of rotatable bonds is 5. The van der Waals surface area contributed by atoms with Crippen LogP contribution in [0, 0.1) is 0 Å². The maximum atomic E-state index is 11.6. The van der Waals surface area contributed by atoms with Crippen LogP contribution in [0.15, 0.2) is 72.8 Å². The summed E-state index contributed by atoms with van der Waals surface area (Å²) in [6, 6.07) is 25.4. The predicted molar refractivity (Wildman–Crippen MR) is 177 cm³/mol. The van der Waals surface area contributed by atoms with Gasteiger partial charge in [-0.3, -0.25) is 0 Å². The first kappa shape index (κ1) is 29.2. The lowest BCUT2D eigenvalue weighted by molar-refractivity contribution is 0.438. The number of hydrogen-bond donors (Lipinski definition) is 1. The van der Waals surface area contributed by atoms with Crippen LogP contribution >= 0.6 is 0 Å². The van der Waals surface area contributed by atoms with E-state index in [-0.39, 0.29) is 16.6 Å². The van der Waals surface area contributed by atoms with Crippen molar-refractivity contribution in [3.05, 3.63) is 83.9 Å². The fourth-order valence-corrected chi connectivity index (χ4v) is 5.22. The van der Waals surface area contributed by atoms with E-state index >= 15 is 0 Å². The van der Waals surface area contributed by atoms with Crippen molar-refractivity contribution in [1.82, 2.24) is 15.0 Å². The van der Waals surface area contributed by atoms with Crippen molar-refractivity contribution >= 4 is 22.4 Å². The molecule has 0 aliphatic carbocycles. The first-order valence-electron chi connectivity index (χ1n) is 14.5. The van der Waals surface area contributed by atoms with Crippen LogP contribution < -0.4 is 9.80 Å². The summed E-state index contributed by atoms with van der Waals surface area (Å²) in [6.07, 6.45) is 0. The molecule has 0 radical (unpaired) electrons. The lowest BCUT2D eigenvalue weighted by Gasteiger charge is -2.27. The molecule has 4 aromatic carbocycles. The lowest BCUT2D eigenvalue weighted by Crippen LogP contribution is -2.18. The second-order valence-corrected chi connectivity index (χ2v) is 13.6. The van der Waals surface area contributed by atoms with Crippen LogP contribution in [0.5, 0.6) is 5.75 Å². The van der Waals surface area contributed by atoms with E-state index in [1.807, 2.05) is 34.3 Å². The minimum absolute atomic E-state index is 0.117. The summed E-state index contributed by atoms with van der Waals surface area (Å²) < 4.78 is 0. The molecule has 1 N–H and O–H groups in total. The Morgan fingerprint density at radius 3 is 1.38 bits per heavy atom. The summed E-state index contributed by atoms with van der Waals surface area (Å²) in [5.74, 6) is 0.213. The maximum absolute atomic E-state index is 11.6. The summed E-state index contributed by atoms with van der Waals surface area (Å²) in [5.41, 5.74) is 10.2. The van der Waals surface area contributed by atoms with Crippen LogP contribution in [-0.4, -0.2) is 48.3 Å². The monoisotopic (exact) mass is 561 g/mol. The molecule has 6 heteroatoms. The molecule has 0 bridgehead atoms. The Kier molecular flexibility index (Phi) is 7.30. The van der Waals surface area contributed by atoms with Crippen LogP contribution in [0.25, 0.3) is 39.0 Å². The van der Waals surface area contributed by atoms with Gasteiger partial charge in [-0.1, -0.05) is 84.0 Å². The Hall–Kier alpha value is -4.32. The van der Waals surface area contributed by atoms with E-state index in [0.717, 1.165) is 55.8 Å². The van der Waals surface area contributed by atoms with Crippen LogP contribution in [0.4, 0.5) is 11.4 Å². The fraction of sp³-hybridized carbons (Fsp3) is 0.333. The van der Waals surface area contributed by atoms with Crippen molar-refractivity contribution in [2.45, 2.75) is 52.4 Å². The van der Waals surface area contributed by atoms with E-state index in [0.29, 0.717) is 5.69 Å². The first-order chi connectivity index (χ1) is 19.6. The van der Waals surface area contributed by atoms with Crippen LogP contribution in [-0.2, 0) is 10.8 Å². The zero-order chi connectivity index (χ0) is 30.6. The highest BCUT2D eigenvalue weighted by molar-refractivity contribution is 6.00. The second-order valence-electron chi connectivity index (χ2n) is 13.6. The standard InChI is InChI=1S/C36H43N5O/c1-35(2,3)25-21-30(36(4,5)6)34(42)31(22-25)41-37-32-28(23-11-15-26(16-12-23)39(7)8)19-20-29(33(32)38-41)24-13-17-27(18-14-24)40(9)10/h11-22,42H,1-10H3. The number of aromatic nitrogens is 3. The first-order valence-corrected chi connectivity index (χ1v) is 14.5. The second kappa shape index (κ2) is 10.5. The highest BCUT2D eigenvalue weighted by atomic mass is 16.3. The van der Waals surface area contributed by atoms with E-state index in [2.05, 4.69) is 118 Å². The largest absolute Gasteiger partial charge is 0.505 e. The van der Waals surface area contributed by atoms with Crippen LogP contribution in [0.1, 0.15) is 52.7 Å². The Balaban J connectivity index is 1.78. The van der Waals surface area contributed by atoms with Crippen molar-refractivity contribution in [2.24, 2.45) is 0 Å². The Labute approximate surface area is 250 Å².